The molecule has 0 saturated heterocycles. The summed E-state index contributed by atoms with van der Waals surface area (Å²) < 4.78 is 5.24. The summed E-state index contributed by atoms with van der Waals surface area (Å²) in [5, 5.41) is 0. The van der Waals surface area contributed by atoms with Gasteiger partial charge in [0.15, 0.2) is 5.78 Å². The fraction of sp³-hybridized carbons (Fsp3) is 0.118. The molecule has 0 aliphatic rings. The van der Waals surface area contributed by atoms with Crippen LogP contribution in [0, 0.1) is 0 Å². The van der Waals surface area contributed by atoms with E-state index in [4.69, 9.17) is 4.74 Å². The maximum atomic E-state index is 11.7. The molecule has 0 heterocycles. The number of ketones is 1. The summed E-state index contributed by atoms with van der Waals surface area (Å²) in [6.07, 6.45) is 3.93. The molecule has 0 radical (unpaired) electrons. The second kappa shape index (κ2) is 6.01. The lowest BCUT2D eigenvalue weighted by molar-refractivity contribution is 0.101. The fourth-order valence-electron chi connectivity index (χ4n) is 1.98. The van der Waals surface area contributed by atoms with Gasteiger partial charge in [-0.05, 0) is 24.1 Å². The van der Waals surface area contributed by atoms with Crippen molar-refractivity contribution in [2.75, 3.05) is 7.11 Å². The monoisotopic (exact) mass is 252 g/mol. The van der Waals surface area contributed by atoms with Crippen LogP contribution < -0.4 is 4.74 Å². The van der Waals surface area contributed by atoms with Crippen molar-refractivity contribution in [3.05, 3.63) is 65.2 Å². The molecule has 2 nitrogen and oxygen atoms in total. The average molecular weight is 252 g/mol. The molecule has 0 saturated carbocycles. The first kappa shape index (κ1) is 13.1. The van der Waals surface area contributed by atoms with Crippen LogP contribution in [-0.4, -0.2) is 12.9 Å². The Labute approximate surface area is 113 Å². The Kier molecular flexibility index (Phi) is 4.14. The minimum Gasteiger partial charge on any atom is -0.496 e. The van der Waals surface area contributed by atoms with E-state index in [9.17, 15) is 4.79 Å². The molecular formula is C17H16O2. The minimum absolute atomic E-state index is 0.00478. The number of carbonyl (C=O) groups is 1. The number of hydrogen-bond donors (Lipinski definition) is 0. The third kappa shape index (κ3) is 3.10. The smallest absolute Gasteiger partial charge is 0.164 e. The van der Waals surface area contributed by atoms with E-state index in [0.717, 1.165) is 11.1 Å². The normalized spacial score (nSPS) is 10.6. The van der Waals surface area contributed by atoms with Gasteiger partial charge in [0.25, 0.3) is 0 Å². The predicted octanol–water partition coefficient (Wildman–Crippen LogP) is 4.07. The predicted molar refractivity (Wildman–Crippen MR) is 78.4 cm³/mol. The summed E-state index contributed by atoms with van der Waals surface area (Å²) in [5.41, 5.74) is 2.59. The maximum absolute atomic E-state index is 11.7. The van der Waals surface area contributed by atoms with Crippen LogP contribution in [0.5, 0.6) is 5.75 Å². The lowest BCUT2D eigenvalue weighted by Crippen LogP contribution is -2.00. The molecule has 0 aliphatic heterocycles. The second-order valence-electron chi connectivity index (χ2n) is 4.22. The Morgan fingerprint density at radius 3 is 2.37 bits per heavy atom. The van der Waals surface area contributed by atoms with Crippen molar-refractivity contribution >= 4 is 17.9 Å². The van der Waals surface area contributed by atoms with Crippen LogP contribution in [0.1, 0.15) is 28.4 Å². The van der Waals surface area contributed by atoms with Crippen LogP contribution in [0.25, 0.3) is 12.2 Å². The molecular weight excluding hydrogens is 236 g/mol. The molecule has 0 spiro atoms. The van der Waals surface area contributed by atoms with Gasteiger partial charge in [-0.25, -0.2) is 0 Å². The van der Waals surface area contributed by atoms with E-state index in [1.165, 1.54) is 0 Å². The maximum Gasteiger partial charge on any atom is 0.164 e. The summed E-state index contributed by atoms with van der Waals surface area (Å²) in [4.78, 5) is 11.7. The first-order chi connectivity index (χ1) is 9.22. The highest BCUT2D eigenvalue weighted by Crippen LogP contribution is 2.24. The zero-order valence-corrected chi connectivity index (χ0v) is 11.1. The molecule has 0 amide bonds. The topological polar surface area (TPSA) is 26.3 Å². The van der Waals surface area contributed by atoms with Crippen molar-refractivity contribution in [1.82, 2.24) is 0 Å². The van der Waals surface area contributed by atoms with Crippen LogP contribution in [0.3, 0.4) is 0 Å². The Hall–Kier alpha value is -2.35. The van der Waals surface area contributed by atoms with Gasteiger partial charge >= 0.3 is 0 Å². The largest absolute Gasteiger partial charge is 0.496 e. The Bertz CT molecular complexity index is 598. The van der Waals surface area contributed by atoms with Gasteiger partial charge in [-0.15, -0.1) is 0 Å². The summed E-state index contributed by atoms with van der Waals surface area (Å²) in [6.45, 7) is 1.55. The minimum atomic E-state index is 0.00478. The molecule has 0 aromatic heterocycles. The highest BCUT2D eigenvalue weighted by molar-refractivity contribution is 6.01. The molecule has 0 bridgehead atoms. The standard InChI is InChI=1S/C17H16O2/c1-13(18)17-15(9-6-10-16(17)19-2)12-11-14-7-4-3-5-8-14/h3-12H,1-2H3/b12-11+. The first-order valence-corrected chi connectivity index (χ1v) is 6.13. The molecule has 0 aliphatic carbocycles. The highest BCUT2D eigenvalue weighted by Gasteiger charge is 2.11. The molecule has 2 heteroatoms. The van der Waals surface area contributed by atoms with Gasteiger partial charge in [0, 0.05) is 0 Å². The number of Topliss-reactive ketones (excluding diaryl/α,β-unsaturated/α-hetero) is 1. The molecule has 19 heavy (non-hydrogen) atoms. The number of carbonyl (C=O) groups excluding carboxylic acids is 1. The van der Waals surface area contributed by atoms with Crippen LogP contribution in [0.2, 0.25) is 0 Å². The SMILES string of the molecule is COc1cccc(/C=C/c2ccccc2)c1C(C)=O. The van der Waals surface area contributed by atoms with Gasteiger partial charge in [-0.1, -0.05) is 54.6 Å². The third-order valence-electron chi connectivity index (χ3n) is 2.89. The van der Waals surface area contributed by atoms with Gasteiger partial charge in [-0.3, -0.25) is 4.79 Å². The Morgan fingerprint density at radius 1 is 1.00 bits per heavy atom. The lowest BCUT2D eigenvalue weighted by Gasteiger charge is -2.08. The summed E-state index contributed by atoms with van der Waals surface area (Å²) >= 11 is 0. The summed E-state index contributed by atoms with van der Waals surface area (Å²) in [6, 6.07) is 15.6. The summed E-state index contributed by atoms with van der Waals surface area (Å²) in [5.74, 6) is 0.618. The van der Waals surface area contributed by atoms with E-state index in [0.29, 0.717) is 11.3 Å². The highest BCUT2D eigenvalue weighted by atomic mass is 16.5. The number of rotatable bonds is 4. The van der Waals surface area contributed by atoms with E-state index in [-0.39, 0.29) is 5.78 Å². The van der Waals surface area contributed by atoms with E-state index in [1.807, 2.05) is 54.6 Å². The molecule has 2 aromatic carbocycles. The van der Waals surface area contributed by atoms with Crippen molar-refractivity contribution in [3.63, 3.8) is 0 Å². The average Bonchev–Trinajstić information content (AvgIpc) is 2.45. The number of ether oxygens (including phenoxy) is 1. The van der Waals surface area contributed by atoms with Crippen molar-refractivity contribution in [1.29, 1.82) is 0 Å². The van der Waals surface area contributed by atoms with Crippen LogP contribution in [-0.2, 0) is 0 Å². The molecule has 0 N–H and O–H groups in total. The fourth-order valence-corrected chi connectivity index (χ4v) is 1.98. The zero-order valence-electron chi connectivity index (χ0n) is 11.1. The van der Waals surface area contributed by atoms with Gasteiger partial charge < -0.3 is 4.74 Å². The van der Waals surface area contributed by atoms with E-state index >= 15 is 0 Å². The first-order valence-electron chi connectivity index (χ1n) is 6.13. The molecule has 0 atom stereocenters. The Morgan fingerprint density at radius 2 is 1.74 bits per heavy atom. The molecule has 0 unspecified atom stereocenters. The Balaban J connectivity index is 2.40. The summed E-state index contributed by atoms with van der Waals surface area (Å²) in [7, 11) is 1.58. The molecule has 2 rings (SSSR count). The van der Waals surface area contributed by atoms with E-state index in [1.54, 1.807) is 20.1 Å². The van der Waals surface area contributed by atoms with E-state index < -0.39 is 0 Å². The zero-order chi connectivity index (χ0) is 13.7. The van der Waals surface area contributed by atoms with Gasteiger partial charge in [0.1, 0.15) is 5.75 Å². The molecule has 2 aromatic rings. The van der Waals surface area contributed by atoms with E-state index in [2.05, 4.69) is 0 Å². The molecule has 0 fully saturated rings. The lowest BCUT2D eigenvalue weighted by atomic mass is 10.0. The van der Waals surface area contributed by atoms with Crippen molar-refractivity contribution < 1.29 is 9.53 Å². The van der Waals surface area contributed by atoms with Crippen molar-refractivity contribution in [2.24, 2.45) is 0 Å². The van der Waals surface area contributed by atoms with Crippen molar-refractivity contribution in [3.8, 4) is 5.75 Å². The van der Waals surface area contributed by atoms with Gasteiger partial charge in [0.05, 0.1) is 12.7 Å². The van der Waals surface area contributed by atoms with Crippen LogP contribution >= 0.6 is 0 Å². The van der Waals surface area contributed by atoms with Crippen LogP contribution in [0.15, 0.2) is 48.5 Å². The van der Waals surface area contributed by atoms with Gasteiger partial charge in [-0.2, -0.15) is 0 Å². The van der Waals surface area contributed by atoms with Crippen molar-refractivity contribution in [2.45, 2.75) is 6.92 Å². The number of hydrogen-bond acceptors (Lipinski definition) is 2. The number of methoxy groups -OCH3 is 1. The second-order valence-corrected chi connectivity index (χ2v) is 4.22. The quantitative estimate of drug-likeness (QED) is 0.605. The number of benzene rings is 2. The van der Waals surface area contributed by atoms with Crippen LogP contribution in [0.4, 0.5) is 0 Å². The molecule has 96 valence electrons. The van der Waals surface area contributed by atoms with Gasteiger partial charge in [0.2, 0.25) is 0 Å². The third-order valence-corrected chi connectivity index (χ3v) is 2.89.